The van der Waals surface area contributed by atoms with E-state index in [1.165, 1.54) is 34.0 Å². The molecule has 0 aliphatic carbocycles. The van der Waals surface area contributed by atoms with Gasteiger partial charge in [0, 0.05) is 17.8 Å². The van der Waals surface area contributed by atoms with Crippen LogP contribution >= 0.6 is 0 Å². The summed E-state index contributed by atoms with van der Waals surface area (Å²) in [6.45, 7) is 0. The van der Waals surface area contributed by atoms with E-state index in [1.54, 1.807) is 0 Å². The van der Waals surface area contributed by atoms with Crippen LogP contribution in [0.1, 0.15) is 5.56 Å². The molecular formula is C26H20N3+. The molecular weight excluding hydrogens is 354 g/mol. The first-order chi connectivity index (χ1) is 14.4. The average Bonchev–Trinajstić information content (AvgIpc) is 3.15. The van der Waals surface area contributed by atoms with E-state index in [2.05, 4.69) is 130 Å². The van der Waals surface area contributed by atoms with Crippen molar-refractivity contribution in [2.45, 2.75) is 6.29 Å². The Bertz CT molecular complexity index is 1200. The summed E-state index contributed by atoms with van der Waals surface area (Å²) in [4.78, 5) is 4.87. The number of para-hydroxylation sites is 5. The molecule has 2 heterocycles. The van der Waals surface area contributed by atoms with Gasteiger partial charge in [-0.05, 0) is 36.4 Å². The average molecular weight is 374 g/mol. The number of rotatable bonds is 2. The summed E-state index contributed by atoms with van der Waals surface area (Å²) in [5, 5.41) is 0. The Morgan fingerprint density at radius 3 is 1.79 bits per heavy atom. The molecule has 0 N–H and O–H groups in total. The zero-order chi connectivity index (χ0) is 19.2. The minimum atomic E-state index is -0.00731. The summed E-state index contributed by atoms with van der Waals surface area (Å²) in [5.74, 6) is 0. The van der Waals surface area contributed by atoms with Crippen LogP contribution in [-0.2, 0) is 0 Å². The van der Waals surface area contributed by atoms with Crippen LogP contribution in [0.4, 0.5) is 28.4 Å². The van der Waals surface area contributed by atoms with Crippen LogP contribution in [0.5, 0.6) is 0 Å². The normalized spacial score (nSPS) is 16.7. The zero-order valence-corrected chi connectivity index (χ0v) is 15.9. The van der Waals surface area contributed by atoms with E-state index in [-0.39, 0.29) is 6.29 Å². The minimum absolute atomic E-state index is 0.00731. The molecule has 29 heavy (non-hydrogen) atoms. The number of fused-ring (bicyclic) bond motifs is 5. The monoisotopic (exact) mass is 374 g/mol. The molecule has 0 aromatic heterocycles. The molecule has 4 aromatic carbocycles. The Morgan fingerprint density at radius 2 is 1.07 bits per heavy atom. The molecule has 0 spiro atoms. The van der Waals surface area contributed by atoms with Crippen LogP contribution in [0.3, 0.4) is 0 Å². The van der Waals surface area contributed by atoms with Crippen LogP contribution < -0.4 is 9.80 Å². The maximum Gasteiger partial charge on any atom is 0.325 e. The van der Waals surface area contributed by atoms with E-state index in [0.717, 1.165) is 0 Å². The van der Waals surface area contributed by atoms with Crippen molar-refractivity contribution in [2.24, 2.45) is 0 Å². The highest BCUT2D eigenvalue weighted by molar-refractivity contribution is 5.96. The van der Waals surface area contributed by atoms with Crippen LogP contribution in [0.2, 0.25) is 0 Å². The van der Waals surface area contributed by atoms with Crippen LogP contribution in [-0.4, -0.2) is 17.1 Å². The molecule has 2 aliphatic rings. The Hall–Kier alpha value is -3.85. The highest BCUT2D eigenvalue weighted by Gasteiger charge is 2.48. The highest BCUT2D eigenvalue weighted by atomic mass is 15.5. The lowest BCUT2D eigenvalue weighted by Crippen LogP contribution is -2.48. The molecule has 6 rings (SSSR count). The lowest BCUT2D eigenvalue weighted by Gasteiger charge is -2.33. The van der Waals surface area contributed by atoms with Crippen LogP contribution in [0, 0.1) is 0 Å². The van der Waals surface area contributed by atoms with Gasteiger partial charge in [-0.25, -0.2) is 0 Å². The van der Waals surface area contributed by atoms with Gasteiger partial charge in [0.1, 0.15) is 0 Å². The van der Waals surface area contributed by atoms with Gasteiger partial charge in [-0.1, -0.05) is 60.7 Å². The molecule has 4 aromatic rings. The molecule has 138 valence electrons. The van der Waals surface area contributed by atoms with Gasteiger partial charge < -0.3 is 0 Å². The summed E-state index contributed by atoms with van der Waals surface area (Å²) in [7, 11) is 0. The maximum absolute atomic E-state index is 2.45. The van der Waals surface area contributed by atoms with Gasteiger partial charge in [-0.3, -0.25) is 9.80 Å². The van der Waals surface area contributed by atoms with Crippen molar-refractivity contribution in [1.82, 2.24) is 0 Å². The summed E-state index contributed by atoms with van der Waals surface area (Å²) < 4.78 is 2.37. The van der Waals surface area contributed by atoms with Crippen LogP contribution in [0.25, 0.3) is 0 Å². The molecule has 0 amide bonds. The van der Waals surface area contributed by atoms with Gasteiger partial charge in [-0.15, -0.1) is 0 Å². The molecule has 2 aliphatic heterocycles. The second-order valence-electron chi connectivity index (χ2n) is 7.34. The predicted molar refractivity (Wildman–Crippen MR) is 119 cm³/mol. The molecule has 1 atom stereocenters. The van der Waals surface area contributed by atoms with E-state index < -0.39 is 0 Å². The van der Waals surface area contributed by atoms with Gasteiger partial charge in [0.25, 0.3) is 0 Å². The third kappa shape index (κ3) is 2.41. The van der Waals surface area contributed by atoms with E-state index in [0.29, 0.717) is 0 Å². The third-order valence-corrected chi connectivity index (χ3v) is 5.67. The van der Waals surface area contributed by atoms with Crippen molar-refractivity contribution >= 4 is 34.7 Å². The SMILES string of the molecule is C1=[N+](c2ccccc2)C2N(c3ccccc3)c3ccccc3N2c2ccccc21. The number of hydrogen-bond donors (Lipinski definition) is 0. The minimum Gasteiger partial charge on any atom is -0.262 e. The Morgan fingerprint density at radius 1 is 0.517 bits per heavy atom. The summed E-state index contributed by atoms with van der Waals surface area (Å²) in [5.41, 5.74) is 7.25. The molecule has 0 saturated heterocycles. The quantitative estimate of drug-likeness (QED) is 0.396. The van der Waals surface area contributed by atoms with E-state index in [4.69, 9.17) is 0 Å². The van der Waals surface area contributed by atoms with Crippen molar-refractivity contribution in [3.63, 3.8) is 0 Å². The largest absolute Gasteiger partial charge is 0.325 e. The van der Waals surface area contributed by atoms with Crippen molar-refractivity contribution in [1.29, 1.82) is 0 Å². The standard InChI is InChI=1S/C26H20N3/c1-3-12-21(13-4-1)27-19-20-11-7-8-16-23(20)29-25-18-10-9-17-24(25)28(26(27)29)22-14-5-2-6-15-22/h1-19,26H/q+1. The van der Waals surface area contributed by atoms with Gasteiger partial charge in [0.05, 0.1) is 22.6 Å². The van der Waals surface area contributed by atoms with Gasteiger partial charge >= 0.3 is 6.29 Å². The zero-order valence-electron chi connectivity index (χ0n) is 15.9. The highest BCUT2D eigenvalue weighted by Crippen LogP contribution is 2.50. The third-order valence-electron chi connectivity index (χ3n) is 5.67. The fourth-order valence-electron chi connectivity index (χ4n) is 4.44. The number of hydrogen-bond acceptors (Lipinski definition) is 2. The van der Waals surface area contributed by atoms with Gasteiger partial charge in [0.2, 0.25) is 5.69 Å². The fourth-order valence-corrected chi connectivity index (χ4v) is 4.44. The second kappa shape index (κ2) is 6.35. The van der Waals surface area contributed by atoms with Crippen molar-refractivity contribution < 1.29 is 4.58 Å². The number of benzene rings is 4. The maximum atomic E-state index is 2.45. The van der Waals surface area contributed by atoms with E-state index in [1.807, 2.05) is 0 Å². The van der Waals surface area contributed by atoms with E-state index in [9.17, 15) is 0 Å². The van der Waals surface area contributed by atoms with Crippen molar-refractivity contribution in [3.8, 4) is 0 Å². The Kier molecular flexibility index (Phi) is 3.53. The molecule has 0 radical (unpaired) electrons. The number of nitrogens with zero attached hydrogens (tertiary/aromatic N) is 3. The number of anilines is 4. The second-order valence-corrected chi connectivity index (χ2v) is 7.34. The molecule has 3 nitrogen and oxygen atoms in total. The smallest absolute Gasteiger partial charge is 0.262 e. The molecule has 0 fully saturated rings. The van der Waals surface area contributed by atoms with Crippen LogP contribution in [0.15, 0.2) is 109 Å². The fraction of sp³-hybridized carbons (Fsp3) is 0.0385. The molecule has 0 saturated carbocycles. The van der Waals surface area contributed by atoms with E-state index >= 15 is 0 Å². The van der Waals surface area contributed by atoms with Gasteiger partial charge in [0.15, 0.2) is 6.21 Å². The Labute approximate surface area is 170 Å². The van der Waals surface area contributed by atoms with Gasteiger partial charge in [-0.2, -0.15) is 4.58 Å². The Balaban J connectivity index is 1.66. The lowest BCUT2D eigenvalue weighted by atomic mass is 10.1. The predicted octanol–water partition coefficient (Wildman–Crippen LogP) is 6.04. The summed E-state index contributed by atoms with van der Waals surface area (Å²) in [6, 6.07) is 38.6. The molecule has 1 unspecified atom stereocenters. The topological polar surface area (TPSA) is 9.49 Å². The van der Waals surface area contributed by atoms with Crippen molar-refractivity contribution in [2.75, 3.05) is 9.80 Å². The first kappa shape index (κ1) is 16.1. The lowest BCUT2D eigenvalue weighted by molar-refractivity contribution is -0.475. The summed E-state index contributed by atoms with van der Waals surface area (Å²) in [6.07, 6.45) is 2.26. The first-order valence-corrected chi connectivity index (χ1v) is 9.92. The molecule has 0 bridgehead atoms. The summed E-state index contributed by atoms with van der Waals surface area (Å²) >= 11 is 0. The van der Waals surface area contributed by atoms with Crippen molar-refractivity contribution in [3.05, 3.63) is 115 Å². The molecule has 3 heteroatoms. The first-order valence-electron chi connectivity index (χ1n) is 9.92.